The van der Waals surface area contributed by atoms with E-state index in [1.165, 1.54) is 6.08 Å². The number of amides is 1. The lowest BCUT2D eigenvalue weighted by molar-refractivity contribution is -0.131. The van der Waals surface area contributed by atoms with Crippen LogP contribution in [0, 0.1) is 6.92 Å². The minimum atomic E-state index is -0.999. The monoisotopic (exact) mass is 289 g/mol. The quantitative estimate of drug-likeness (QED) is 0.618. The largest absolute Gasteiger partial charge is 0.478 e. The summed E-state index contributed by atoms with van der Waals surface area (Å²) >= 11 is 0. The van der Waals surface area contributed by atoms with Gasteiger partial charge in [0.05, 0.1) is 0 Å². The van der Waals surface area contributed by atoms with Crippen molar-refractivity contribution in [2.24, 2.45) is 0 Å². The molecule has 0 unspecified atom stereocenters. The molecule has 1 aromatic rings. The zero-order chi connectivity index (χ0) is 15.8. The molecule has 0 bridgehead atoms. The molecule has 21 heavy (non-hydrogen) atoms. The summed E-state index contributed by atoms with van der Waals surface area (Å²) in [5.41, 5.74) is 2.26. The van der Waals surface area contributed by atoms with Crippen LogP contribution in [0.4, 0.5) is 0 Å². The molecular formula is C17H23NO3. The van der Waals surface area contributed by atoms with Crippen molar-refractivity contribution in [2.45, 2.75) is 33.1 Å². The molecule has 0 saturated heterocycles. The molecular weight excluding hydrogens is 266 g/mol. The number of carbonyl (C=O) groups is 2. The molecule has 0 aliphatic heterocycles. The first-order valence-electron chi connectivity index (χ1n) is 7.22. The van der Waals surface area contributed by atoms with Gasteiger partial charge in [-0.25, -0.2) is 4.79 Å². The second-order valence-electron chi connectivity index (χ2n) is 5.24. The maximum atomic E-state index is 12.4. The molecule has 4 nitrogen and oxygen atoms in total. The maximum Gasteiger partial charge on any atom is 0.328 e. The van der Waals surface area contributed by atoms with E-state index in [0.717, 1.165) is 43.0 Å². The van der Waals surface area contributed by atoms with E-state index in [1.54, 1.807) is 18.0 Å². The van der Waals surface area contributed by atoms with Gasteiger partial charge in [-0.2, -0.15) is 0 Å². The van der Waals surface area contributed by atoms with Crippen LogP contribution in [-0.2, 0) is 4.79 Å². The Hall–Kier alpha value is -2.10. The lowest BCUT2D eigenvalue weighted by Gasteiger charge is -2.17. The van der Waals surface area contributed by atoms with Gasteiger partial charge in [0.2, 0.25) is 0 Å². The van der Waals surface area contributed by atoms with Gasteiger partial charge in [-0.1, -0.05) is 25.8 Å². The van der Waals surface area contributed by atoms with Crippen LogP contribution in [0.15, 0.2) is 24.3 Å². The Bertz CT molecular complexity index is 535. The third-order valence-corrected chi connectivity index (χ3v) is 3.21. The summed E-state index contributed by atoms with van der Waals surface area (Å²) in [5.74, 6) is -1.03. The third-order valence-electron chi connectivity index (χ3n) is 3.21. The number of aryl methyl sites for hydroxylation is 1. The normalized spacial score (nSPS) is 10.8. The van der Waals surface area contributed by atoms with Crippen LogP contribution in [0.25, 0.3) is 6.08 Å². The van der Waals surface area contributed by atoms with Crippen molar-refractivity contribution >= 4 is 18.0 Å². The molecule has 1 amide bonds. The molecule has 0 heterocycles. The summed E-state index contributed by atoms with van der Waals surface area (Å²) in [6.45, 7) is 4.76. The van der Waals surface area contributed by atoms with Crippen molar-refractivity contribution < 1.29 is 14.7 Å². The van der Waals surface area contributed by atoms with Gasteiger partial charge in [0, 0.05) is 25.2 Å². The summed E-state index contributed by atoms with van der Waals surface area (Å²) in [4.78, 5) is 24.7. The van der Waals surface area contributed by atoms with Crippen LogP contribution >= 0.6 is 0 Å². The van der Waals surface area contributed by atoms with Crippen LogP contribution in [0.2, 0.25) is 0 Å². The lowest BCUT2D eigenvalue weighted by Crippen LogP contribution is -2.27. The third kappa shape index (κ3) is 5.81. The molecule has 0 aromatic heterocycles. The topological polar surface area (TPSA) is 57.6 Å². The Morgan fingerprint density at radius 2 is 1.95 bits per heavy atom. The summed E-state index contributed by atoms with van der Waals surface area (Å²) < 4.78 is 0. The fourth-order valence-electron chi connectivity index (χ4n) is 2.12. The number of carboxylic acids is 1. The standard InChI is InChI=1S/C17H23NO3/c1-4-5-6-9-18(3)17(21)15-11-13(2)10-14(12-15)7-8-16(19)20/h7-8,10-12H,4-6,9H2,1-3H3,(H,19,20)/b8-7+. The van der Waals surface area contributed by atoms with Crippen molar-refractivity contribution in [3.63, 3.8) is 0 Å². The highest BCUT2D eigenvalue weighted by Gasteiger charge is 2.12. The van der Waals surface area contributed by atoms with Crippen molar-refractivity contribution in [1.82, 2.24) is 4.90 Å². The van der Waals surface area contributed by atoms with Crippen LogP contribution in [0.3, 0.4) is 0 Å². The number of benzene rings is 1. The Morgan fingerprint density at radius 1 is 1.24 bits per heavy atom. The van der Waals surface area contributed by atoms with E-state index >= 15 is 0 Å². The number of carbonyl (C=O) groups excluding carboxylic acids is 1. The average molecular weight is 289 g/mol. The van der Waals surface area contributed by atoms with E-state index in [-0.39, 0.29) is 5.91 Å². The van der Waals surface area contributed by atoms with Crippen molar-refractivity contribution in [3.05, 3.63) is 41.0 Å². The van der Waals surface area contributed by atoms with Crippen molar-refractivity contribution in [2.75, 3.05) is 13.6 Å². The molecule has 0 aliphatic carbocycles. The van der Waals surface area contributed by atoms with E-state index in [0.29, 0.717) is 5.56 Å². The molecule has 1 N–H and O–H groups in total. The molecule has 1 aromatic carbocycles. The van der Waals surface area contributed by atoms with Gasteiger partial charge in [-0.05, 0) is 42.7 Å². The lowest BCUT2D eigenvalue weighted by atomic mass is 10.0. The summed E-state index contributed by atoms with van der Waals surface area (Å²) in [6, 6.07) is 5.41. The second-order valence-corrected chi connectivity index (χ2v) is 5.24. The van der Waals surface area contributed by atoms with E-state index < -0.39 is 5.97 Å². The Morgan fingerprint density at radius 3 is 2.57 bits per heavy atom. The highest BCUT2D eigenvalue weighted by atomic mass is 16.4. The first-order chi connectivity index (χ1) is 9.93. The van der Waals surface area contributed by atoms with Crippen LogP contribution in [0.1, 0.15) is 47.7 Å². The summed E-state index contributed by atoms with van der Waals surface area (Å²) in [6.07, 6.45) is 5.81. The van der Waals surface area contributed by atoms with Gasteiger partial charge in [0.25, 0.3) is 5.91 Å². The van der Waals surface area contributed by atoms with Crippen molar-refractivity contribution in [1.29, 1.82) is 0 Å². The minimum absolute atomic E-state index is 0.0280. The van der Waals surface area contributed by atoms with Crippen LogP contribution in [0.5, 0.6) is 0 Å². The van der Waals surface area contributed by atoms with Gasteiger partial charge >= 0.3 is 5.97 Å². The zero-order valence-electron chi connectivity index (χ0n) is 12.9. The van der Waals surface area contributed by atoms with Crippen LogP contribution < -0.4 is 0 Å². The number of hydrogen-bond acceptors (Lipinski definition) is 2. The van der Waals surface area contributed by atoms with Gasteiger partial charge in [-0.15, -0.1) is 0 Å². The van der Waals surface area contributed by atoms with Crippen molar-refractivity contribution in [3.8, 4) is 0 Å². The fraction of sp³-hybridized carbons (Fsp3) is 0.412. The molecule has 0 radical (unpaired) electrons. The Balaban J connectivity index is 2.86. The summed E-state index contributed by atoms with van der Waals surface area (Å²) in [5, 5.41) is 8.67. The minimum Gasteiger partial charge on any atom is -0.478 e. The Kier molecular flexibility index (Phi) is 6.66. The molecule has 0 spiro atoms. The zero-order valence-corrected chi connectivity index (χ0v) is 12.9. The number of unbranched alkanes of at least 4 members (excludes halogenated alkanes) is 2. The average Bonchev–Trinajstić information content (AvgIpc) is 2.44. The number of nitrogens with zero attached hydrogens (tertiary/aromatic N) is 1. The van der Waals surface area contributed by atoms with E-state index in [1.807, 2.05) is 19.1 Å². The summed E-state index contributed by atoms with van der Waals surface area (Å²) in [7, 11) is 1.80. The van der Waals surface area contributed by atoms with Gasteiger partial charge in [0.1, 0.15) is 0 Å². The number of aliphatic carboxylic acids is 1. The second kappa shape index (κ2) is 8.25. The molecule has 0 aliphatic rings. The molecule has 0 atom stereocenters. The highest BCUT2D eigenvalue weighted by molar-refractivity contribution is 5.95. The molecule has 0 saturated carbocycles. The van der Waals surface area contributed by atoms with Crippen LogP contribution in [-0.4, -0.2) is 35.5 Å². The highest BCUT2D eigenvalue weighted by Crippen LogP contribution is 2.13. The smallest absolute Gasteiger partial charge is 0.328 e. The van der Waals surface area contributed by atoms with Gasteiger partial charge in [-0.3, -0.25) is 4.79 Å². The maximum absolute atomic E-state index is 12.4. The first-order valence-corrected chi connectivity index (χ1v) is 7.22. The number of carboxylic acid groups (broad SMARTS) is 1. The predicted octanol–water partition coefficient (Wildman–Crippen LogP) is 3.36. The molecule has 4 heteroatoms. The molecule has 1 rings (SSSR count). The van der Waals surface area contributed by atoms with Gasteiger partial charge < -0.3 is 10.0 Å². The number of hydrogen-bond donors (Lipinski definition) is 1. The van der Waals surface area contributed by atoms with E-state index in [4.69, 9.17) is 5.11 Å². The Labute approximate surface area is 126 Å². The van der Waals surface area contributed by atoms with E-state index in [9.17, 15) is 9.59 Å². The SMILES string of the molecule is CCCCCN(C)C(=O)c1cc(C)cc(/C=C/C(=O)O)c1. The van der Waals surface area contributed by atoms with Gasteiger partial charge in [0.15, 0.2) is 0 Å². The molecule has 114 valence electrons. The predicted molar refractivity (Wildman–Crippen MR) is 84.3 cm³/mol. The fourth-order valence-corrected chi connectivity index (χ4v) is 2.12. The number of rotatable bonds is 7. The van der Waals surface area contributed by atoms with E-state index in [2.05, 4.69) is 6.92 Å². The first kappa shape index (κ1) is 17.0. The molecule has 0 fully saturated rings.